The van der Waals surface area contributed by atoms with Gasteiger partial charge in [0.25, 0.3) is 5.91 Å². The molecule has 1 aliphatic rings. The van der Waals surface area contributed by atoms with Crippen molar-refractivity contribution in [3.8, 4) is 11.5 Å². The monoisotopic (exact) mass is 453 g/mol. The molecule has 11 heteroatoms. The first-order valence-corrected chi connectivity index (χ1v) is 9.86. The average Bonchev–Trinajstić information content (AvgIpc) is 2.75. The Bertz CT molecular complexity index is 912. The van der Waals surface area contributed by atoms with Gasteiger partial charge in [0.2, 0.25) is 0 Å². The maximum absolute atomic E-state index is 12.2. The van der Waals surface area contributed by atoms with Crippen LogP contribution in [0.1, 0.15) is 36.0 Å². The van der Waals surface area contributed by atoms with Crippen LogP contribution in [0, 0.1) is 0 Å². The van der Waals surface area contributed by atoms with Gasteiger partial charge in [-0.25, -0.2) is 10.3 Å². The lowest BCUT2D eigenvalue weighted by molar-refractivity contribution is -0.274. The Kier molecular flexibility index (Phi) is 7.41. The SMILES string of the molecule is O=C(Nc1ccc(OC(F)(F)F)cc1)N[C@H]1CC[C@H](Oc2ccc(C(=O)NO)cc2)CC1. The number of anilines is 1. The van der Waals surface area contributed by atoms with Crippen molar-refractivity contribution in [2.75, 3.05) is 5.32 Å². The van der Waals surface area contributed by atoms with E-state index in [1.807, 2.05) is 0 Å². The normalized spacial score (nSPS) is 18.4. The van der Waals surface area contributed by atoms with E-state index in [9.17, 15) is 22.8 Å². The van der Waals surface area contributed by atoms with E-state index in [0.717, 1.165) is 12.1 Å². The van der Waals surface area contributed by atoms with Crippen molar-refractivity contribution in [1.82, 2.24) is 10.8 Å². The van der Waals surface area contributed by atoms with E-state index >= 15 is 0 Å². The van der Waals surface area contributed by atoms with E-state index < -0.39 is 18.3 Å². The molecule has 8 nitrogen and oxygen atoms in total. The van der Waals surface area contributed by atoms with Gasteiger partial charge in [-0.05, 0) is 74.2 Å². The molecule has 0 heterocycles. The van der Waals surface area contributed by atoms with Crippen molar-refractivity contribution in [3.63, 3.8) is 0 Å². The molecule has 3 rings (SSSR count). The Morgan fingerprint density at radius 3 is 2.06 bits per heavy atom. The molecule has 0 atom stereocenters. The Labute approximate surface area is 181 Å². The molecule has 4 N–H and O–H groups in total. The second kappa shape index (κ2) is 10.2. The van der Waals surface area contributed by atoms with Crippen LogP contribution in [-0.4, -0.2) is 35.7 Å². The van der Waals surface area contributed by atoms with E-state index in [1.165, 1.54) is 12.1 Å². The molecule has 0 aromatic heterocycles. The van der Waals surface area contributed by atoms with Crippen molar-refractivity contribution in [2.45, 2.75) is 44.2 Å². The summed E-state index contributed by atoms with van der Waals surface area (Å²) in [6.07, 6.45) is -1.98. The molecule has 0 saturated heterocycles. The number of halogens is 3. The molecule has 1 saturated carbocycles. The number of carbonyl (C=O) groups excluding carboxylic acids is 2. The van der Waals surface area contributed by atoms with Gasteiger partial charge in [-0.1, -0.05) is 0 Å². The average molecular weight is 453 g/mol. The summed E-state index contributed by atoms with van der Waals surface area (Å²) in [6.45, 7) is 0. The van der Waals surface area contributed by atoms with Crippen molar-refractivity contribution in [2.24, 2.45) is 0 Å². The number of amides is 3. The van der Waals surface area contributed by atoms with Crippen LogP contribution < -0.4 is 25.6 Å². The Balaban J connectivity index is 1.40. The van der Waals surface area contributed by atoms with Crippen molar-refractivity contribution < 1.29 is 37.4 Å². The molecule has 3 amide bonds. The summed E-state index contributed by atoms with van der Waals surface area (Å²) in [5.74, 6) is -0.369. The summed E-state index contributed by atoms with van der Waals surface area (Å²) in [5.41, 5.74) is 2.21. The van der Waals surface area contributed by atoms with Crippen LogP contribution in [0.4, 0.5) is 23.7 Å². The second-order valence-corrected chi connectivity index (χ2v) is 7.23. The van der Waals surface area contributed by atoms with Crippen LogP contribution in [0.5, 0.6) is 11.5 Å². The first-order valence-electron chi connectivity index (χ1n) is 9.86. The van der Waals surface area contributed by atoms with E-state index in [1.54, 1.807) is 29.7 Å². The third kappa shape index (κ3) is 7.05. The van der Waals surface area contributed by atoms with Gasteiger partial charge in [-0.2, -0.15) is 0 Å². The van der Waals surface area contributed by atoms with Gasteiger partial charge in [-0.15, -0.1) is 13.2 Å². The van der Waals surface area contributed by atoms with E-state index in [4.69, 9.17) is 9.94 Å². The third-order valence-corrected chi connectivity index (χ3v) is 4.88. The van der Waals surface area contributed by atoms with E-state index in [2.05, 4.69) is 15.4 Å². The summed E-state index contributed by atoms with van der Waals surface area (Å²) < 4.78 is 46.3. The molecule has 0 aliphatic heterocycles. The molecular formula is C21H22F3N3O5. The summed E-state index contributed by atoms with van der Waals surface area (Å²) in [5, 5.41) is 14.1. The van der Waals surface area contributed by atoms with Crippen LogP contribution in [0.15, 0.2) is 48.5 Å². The van der Waals surface area contributed by atoms with Gasteiger partial charge < -0.3 is 20.1 Å². The van der Waals surface area contributed by atoms with Crippen molar-refractivity contribution in [1.29, 1.82) is 0 Å². The highest BCUT2D eigenvalue weighted by Gasteiger charge is 2.31. The van der Waals surface area contributed by atoms with Gasteiger partial charge in [0.05, 0.1) is 6.10 Å². The lowest BCUT2D eigenvalue weighted by atomic mass is 9.93. The lowest BCUT2D eigenvalue weighted by Crippen LogP contribution is -2.41. The van der Waals surface area contributed by atoms with Crippen LogP contribution in [0.25, 0.3) is 0 Å². The number of urea groups is 1. The zero-order valence-corrected chi connectivity index (χ0v) is 16.8. The number of ether oxygens (including phenoxy) is 2. The molecule has 1 aliphatic carbocycles. The minimum absolute atomic E-state index is 0.0326. The smallest absolute Gasteiger partial charge is 0.490 e. The molecule has 2 aromatic rings. The van der Waals surface area contributed by atoms with Crippen molar-refractivity contribution in [3.05, 3.63) is 54.1 Å². The summed E-state index contributed by atoms with van der Waals surface area (Å²) in [6, 6.07) is 10.8. The van der Waals surface area contributed by atoms with Gasteiger partial charge in [-0.3, -0.25) is 10.0 Å². The first-order chi connectivity index (χ1) is 15.2. The fourth-order valence-corrected chi connectivity index (χ4v) is 3.36. The van der Waals surface area contributed by atoms with Crippen LogP contribution >= 0.6 is 0 Å². The number of hydrogen-bond acceptors (Lipinski definition) is 5. The van der Waals surface area contributed by atoms with Gasteiger partial charge in [0.1, 0.15) is 11.5 Å². The molecule has 0 radical (unpaired) electrons. The largest absolute Gasteiger partial charge is 0.573 e. The summed E-state index contributed by atoms with van der Waals surface area (Å²) in [7, 11) is 0. The molecule has 32 heavy (non-hydrogen) atoms. The number of alkyl halides is 3. The Morgan fingerprint density at radius 2 is 1.50 bits per heavy atom. The van der Waals surface area contributed by atoms with Gasteiger partial charge >= 0.3 is 12.4 Å². The number of hydroxylamine groups is 1. The maximum Gasteiger partial charge on any atom is 0.573 e. The Hall–Kier alpha value is -3.47. The maximum atomic E-state index is 12.2. The summed E-state index contributed by atoms with van der Waals surface area (Å²) >= 11 is 0. The lowest BCUT2D eigenvalue weighted by Gasteiger charge is -2.29. The predicted molar refractivity (Wildman–Crippen MR) is 108 cm³/mol. The third-order valence-electron chi connectivity index (χ3n) is 4.88. The molecule has 0 unspecified atom stereocenters. The highest BCUT2D eigenvalue weighted by molar-refractivity contribution is 5.93. The number of carbonyl (C=O) groups is 2. The summed E-state index contributed by atoms with van der Waals surface area (Å²) in [4.78, 5) is 23.5. The molecule has 0 spiro atoms. The second-order valence-electron chi connectivity index (χ2n) is 7.23. The first kappa shape index (κ1) is 23.2. The fourth-order valence-electron chi connectivity index (χ4n) is 3.36. The van der Waals surface area contributed by atoms with Crippen LogP contribution in [0.2, 0.25) is 0 Å². The molecule has 0 bridgehead atoms. The molecular weight excluding hydrogens is 431 g/mol. The zero-order chi connectivity index (χ0) is 23.1. The highest BCUT2D eigenvalue weighted by Crippen LogP contribution is 2.25. The number of nitrogens with one attached hydrogen (secondary N) is 3. The highest BCUT2D eigenvalue weighted by atomic mass is 19.4. The Morgan fingerprint density at radius 1 is 0.906 bits per heavy atom. The van der Waals surface area contributed by atoms with E-state index in [0.29, 0.717) is 42.7 Å². The number of hydrogen-bond donors (Lipinski definition) is 4. The topological polar surface area (TPSA) is 109 Å². The standard InChI is InChI=1S/C21H22F3N3O5/c22-21(23,24)32-18-11-5-15(6-12-18)26-20(29)25-14-3-9-17(10-4-14)31-16-7-1-13(2-8-16)19(28)27-30/h1-2,5-8,11-12,14,17,30H,3-4,9-10H2,(H,27,28)(H2,25,26,29)/t14-,17-. The minimum Gasteiger partial charge on any atom is -0.490 e. The predicted octanol–water partition coefficient (Wildman–Crippen LogP) is 4.22. The van der Waals surface area contributed by atoms with Crippen molar-refractivity contribution >= 4 is 17.6 Å². The van der Waals surface area contributed by atoms with Gasteiger partial charge in [0, 0.05) is 17.3 Å². The zero-order valence-electron chi connectivity index (χ0n) is 16.8. The van der Waals surface area contributed by atoms with E-state index in [-0.39, 0.29) is 17.9 Å². The fraction of sp³-hybridized carbons (Fsp3) is 0.333. The van der Waals surface area contributed by atoms with Gasteiger partial charge in [0.15, 0.2) is 0 Å². The number of rotatable bonds is 6. The van der Waals surface area contributed by atoms with Crippen LogP contribution in [-0.2, 0) is 0 Å². The molecule has 1 fully saturated rings. The van der Waals surface area contributed by atoms with Crippen LogP contribution in [0.3, 0.4) is 0 Å². The number of benzene rings is 2. The molecule has 2 aromatic carbocycles. The quantitative estimate of drug-likeness (QED) is 0.387. The molecule has 172 valence electrons. The minimum atomic E-state index is -4.77.